The van der Waals surface area contributed by atoms with Crippen LogP contribution >= 0.6 is 0 Å². The minimum Gasteiger partial charge on any atom is -0.481 e. The number of aromatic nitrogens is 1. The molecule has 1 unspecified atom stereocenters. The lowest BCUT2D eigenvalue weighted by molar-refractivity contribution is -0.141. The predicted octanol–water partition coefficient (Wildman–Crippen LogP) is -0.0382. The van der Waals surface area contributed by atoms with Crippen LogP contribution in [0.15, 0.2) is 42.7 Å². The zero-order chi connectivity index (χ0) is 35.4. The van der Waals surface area contributed by atoms with Gasteiger partial charge in [0.2, 0.25) is 23.6 Å². The number of nitrogens with zero attached hydrogens (tertiary/aromatic N) is 1. The molecule has 0 saturated heterocycles. The smallest absolute Gasteiger partial charge is 0.305 e. The SMILES string of the molecule is CC(C)C[C@@H]1NC(=O)c2ccc(-c3ccncc3)c(c2)CNC(=O)[C@@H](N)CCCCNC(=O)C([C@@H](C)O)NC(=O)[C@@H](CC(=O)O)NC1=O. The predicted molar refractivity (Wildman–Crippen MR) is 175 cm³/mol. The molecule has 9 N–H and O–H groups in total. The van der Waals surface area contributed by atoms with Crippen LogP contribution in [0.4, 0.5) is 0 Å². The molecule has 1 aliphatic heterocycles. The number of carboxylic acid groups (broad SMARTS) is 1. The highest BCUT2D eigenvalue weighted by atomic mass is 16.4. The second-order valence-electron chi connectivity index (χ2n) is 12.3. The van der Waals surface area contributed by atoms with Crippen LogP contribution < -0.4 is 32.3 Å². The van der Waals surface area contributed by atoms with Crippen molar-refractivity contribution in [2.45, 2.75) is 89.7 Å². The number of amides is 5. The van der Waals surface area contributed by atoms with Crippen LogP contribution in [0, 0.1) is 5.92 Å². The van der Waals surface area contributed by atoms with E-state index in [0.717, 1.165) is 11.1 Å². The number of hydrogen-bond donors (Lipinski definition) is 8. The Kier molecular flexibility index (Phi) is 14.0. The zero-order valence-corrected chi connectivity index (χ0v) is 27.3. The molecule has 0 saturated carbocycles. The molecular formula is C33H45N7O8. The number of aliphatic carboxylic acids is 1. The van der Waals surface area contributed by atoms with Crippen LogP contribution in [0.3, 0.4) is 0 Å². The Balaban J connectivity index is 2.00. The molecule has 2 bridgehead atoms. The third kappa shape index (κ3) is 11.1. The van der Waals surface area contributed by atoms with E-state index in [1.807, 2.05) is 13.8 Å². The Bertz CT molecular complexity index is 1470. The second-order valence-corrected chi connectivity index (χ2v) is 12.3. The summed E-state index contributed by atoms with van der Waals surface area (Å²) in [4.78, 5) is 81.7. The molecule has 5 amide bonds. The Labute approximate surface area is 278 Å². The van der Waals surface area contributed by atoms with Gasteiger partial charge in [0.05, 0.1) is 18.6 Å². The van der Waals surface area contributed by atoms with Crippen LogP contribution in [0.1, 0.15) is 68.8 Å². The normalized spacial score (nSPS) is 22.9. The molecule has 15 heteroatoms. The highest BCUT2D eigenvalue weighted by Gasteiger charge is 2.33. The van der Waals surface area contributed by atoms with E-state index in [1.165, 1.54) is 6.92 Å². The Hall–Kier alpha value is -4.89. The second kappa shape index (κ2) is 17.9. The van der Waals surface area contributed by atoms with Gasteiger partial charge in [-0.15, -0.1) is 0 Å². The number of nitrogens with one attached hydrogen (secondary N) is 5. The third-order valence-electron chi connectivity index (χ3n) is 7.79. The molecular weight excluding hydrogens is 622 g/mol. The van der Waals surface area contributed by atoms with Crippen LogP contribution in [0.5, 0.6) is 0 Å². The largest absolute Gasteiger partial charge is 0.481 e. The van der Waals surface area contributed by atoms with Crippen molar-refractivity contribution in [2.24, 2.45) is 11.7 Å². The molecule has 2 heterocycles. The van der Waals surface area contributed by atoms with E-state index in [2.05, 4.69) is 31.6 Å². The fourth-order valence-electron chi connectivity index (χ4n) is 5.21. The van der Waals surface area contributed by atoms with Gasteiger partial charge >= 0.3 is 5.97 Å². The van der Waals surface area contributed by atoms with E-state index in [0.29, 0.717) is 24.8 Å². The van der Waals surface area contributed by atoms with Gasteiger partial charge in [0, 0.05) is 31.0 Å². The van der Waals surface area contributed by atoms with E-state index in [-0.39, 0.29) is 31.0 Å². The lowest BCUT2D eigenvalue weighted by atomic mass is 9.97. The van der Waals surface area contributed by atoms with Crippen molar-refractivity contribution in [1.29, 1.82) is 0 Å². The number of aliphatic hydroxyl groups excluding tert-OH is 1. The van der Waals surface area contributed by atoms with Gasteiger partial charge in [-0.3, -0.25) is 33.8 Å². The quantitative estimate of drug-likeness (QED) is 0.204. The van der Waals surface area contributed by atoms with E-state index < -0.39 is 72.2 Å². The summed E-state index contributed by atoms with van der Waals surface area (Å²) in [5, 5.41) is 32.6. The summed E-state index contributed by atoms with van der Waals surface area (Å²) in [6.07, 6.45) is 2.43. The standard InChI is InChI=1S/C33H45N7O8/c1-18(2)14-25-31(46)39-26(16-27(42)43)32(47)40-28(19(3)41)33(48)36-11-5-4-6-24(34)30(45)37-17-22-15-21(29(44)38-25)7-8-23(22)20-9-12-35-13-10-20/h7-10,12-13,15,18-19,24-26,28,41H,4-6,11,14,16-17,34H2,1-3H3,(H,36,48)(H,37,45)(H,38,44)(H,39,46)(H,40,47)(H,42,43)/t19-,24+,25+,26-,28?/m1/s1. The lowest BCUT2D eigenvalue weighted by Crippen LogP contribution is -2.59. The maximum absolute atomic E-state index is 13.6. The van der Waals surface area contributed by atoms with Crippen molar-refractivity contribution in [3.63, 3.8) is 0 Å². The summed E-state index contributed by atoms with van der Waals surface area (Å²) in [5.41, 5.74) is 8.47. The highest BCUT2D eigenvalue weighted by Crippen LogP contribution is 2.25. The lowest BCUT2D eigenvalue weighted by Gasteiger charge is -2.26. The summed E-state index contributed by atoms with van der Waals surface area (Å²) in [7, 11) is 0. The molecule has 0 radical (unpaired) electrons. The first-order valence-corrected chi connectivity index (χ1v) is 15.9. The average molecular weight is 668 g/mol. The number of rotatable bonds is 6. The Morgan fingerprint density at radius 2 is 1.56 bits per heavy atom. The van der Waals surface area contributed by atoms with Crippen LogP contribution in [-0.4, -0.2) is 87.5 Å². The van der Waals surface area contributed by atoms with Gasteiger partial charge in [0.15, 0.2) is 0 Å². The van der Waals surface area contributed by atoms with Crippen molar-refractivity contribution in [3.8, 4) is 11.1 Å². The van der Waals surface area contributed by atoms with Crippen LogP contribution in [-0.2, 0) is 30.5 Å². The van der Waals surface area contributed by atoms with Crippen LogP contribution in [0.2, 0.25) is 0 Å². The molecule has 260 valence electrons. The van der Waals surface area contributed by atoms with E-state index >= 15 is 0 Å². The first-order chi connectivity index (χ1) is 22.8. The van der Waals surface area contributed by atoms with Gasteiger partial charge in [-0.05, 0) is 79.5 Å². The Morgan fingerprint density at radius 3 is 2.21 bits per heavy atom. The van der Waals surface area contributed by atoms with Crippen molar-refractivity contribution in [2.75, 3.05) is 6.54 Å². The van der Waals surface area contributed by atoms with E-state index in [9.17, 15) is 39.0 Å². The van der Waals surface area contributed by atoms with Crippen molar-refractivity contribution in [3.05, 3.63) is 53.9 Å². The number of carbonyl (C=O) groups is 6. The van der Waals surface area contributed by atoms with Gasteiger partial charge in [-0.1, -0.05) is 19.9 Å². The fraction of sp³-hybridized carbons (Fsp3) is 0.485. The van der Waals surface area contributed by atoms with Crippen molar-refractivity contribution >= 4 is 35.5 Å². The molecule has 1 aromatic heterocycles. The number of aliphatic hydroxyl groups is 1. The van der Waals surface area contributed by atoms with Gasteiger partial charge in [0.25, 0.3) is 5.91 Å². The molecule has 5 atom stereocenters. The summed E-state index contributed by atoms with van der Waals surface area (Å²) in [5.74, 6) is -5.05. The maximum atomic E-state index is 13.6. The minimum atomic E-state index is -1.62. The van der Waals surface area contributed by atoms with Gasteiger partial charge < -0.3 is 42.5 Å². The topological polar surface area (TPSA) is 242 Å². The van der Waals surface area contributed by atoms with E-state index in [4.69, 9.17) is 5.73 Å². The minimum absolute atomic E-state index is 0.0456. The molecule has 1 aromatic carbocycles. The number of pyridine rings is 1. The fourth-order valence-corrected chi connectivity index (χ4v) is 5.21. The monoisotopic (exact) mass is 667 g/mol. The van der Waals surface area contributed by atoms with E-state index in [1.54, 1.807) is 42.7 Å². The van der Waals surface area contributed by atoms with Crippen LogP contribution in [0.25, 0.3) is 11.1 Å². The number of carbonyl (C=O) groups excluding carboxylic acids is 5. The number of carboxylic acids is 1. The Morgan fingerprint density at radius 1 is 0.875 bits per heavy atom. The van der Waals surface area contributed by atoms with Crippen molar-refractivity contribution in [1.82, 2.24) is 31.6 Å². The zero-order valence-electron chi connectivity index (χ0n) is 27.3. The van der Waals surface area contributed by atoms with Crippen molar-refractivity contribution < 1.29 is 39.0 Å². The first-order valence-electron chi connectivity index (χ1n) is 15.9. The molecule has 48 heavy (non-hydrogen) atoms. The summed E-state index contributed by atoms with van der Waals surface area (Å²) >= 11 is 0. The molecule has 2 aromatic rings. The first kappa shape index (κ1) is 37.6. The molecule has 1 aliphatic rings. The third-order valence-corrected chi connectivity index (χ3v) is 7.79. The summed E-state index contributed by atoms with van der Waals surface area (Å²) in [6.45, 7) is 5.12. The number of fused-ring (bicyclic) bond motifs is 2. The number of nitrogens with two attached hydrogens (primary N) is 1. The highest BCUT2D eigenvalue weighted by molar-refractivity contribution is 6.00. The van der Waals surface area contributed by atoms with Gasteiger partial charge in [-0.25, -0.2) is 0 Å². The molecule has 0 spiro atoms. The summed E-state index contributed by atoms with van der Waals surface area (Å²) < 4.78 is 0. The molecule has 3 rings (SSSR count). The maximum Gasteiger partial charge on any atom is 0.305 e. The summed E-state index contributed by atoms with van der Waals surface area (Å²) in [6, 6.07) is 3.39. The number of benzene rings is 1. The van der Waals surface area contributed by atoms with Gasteiger partial charge in [0.1, 0.15) is 18.1 Å². The molecule has 0 fully saturated rings. The average Bonchev–Trinajstić information content (AvgIpc) is 3.04. The molecule has 0 aliphatic carbocycles. The number of hydrogen-bond acceptors (Lipinski definition) is 9. The molecule has 15 nitrogen and oxygen atoms in total. The van der Waals surface area contributed by atoms with Gasteiger partial charge in [-0.2, -0.15) is 0 Å².